The van der Waals surface area contributed by atoms with Gasteiger partial charge in [-0.15, -0.1) is 0 Å². The zero-order valence-corrected chi connectivity index (χ0v) is 20.3. The van der Waals surface area contributed by atoms with Gasteiger partial charge in [-0.3, -0.25) is 0 Å². The maximum absolute atomic E-state index is 13.5. The van der Waals surface area contributed by atoms with Crippen LogP contribution in [0, 0.1) is 17.2 Å². The normalized spacial score (nSPS) is 24.8. The molecular formula is C31H28FN3O. The molecule has 2 aromatic carbocycles. The Morgan fingerprint density at radius 1 is 1.00 bits per heavy atom. The molecule has 0 radical (unpaired) electrons. The second-order valence-corrected chi connectivity index (χ2v) is 10.5. The largest absolute Gasteiger partial charge is 0.440 e. The summed E-state index contributed by atoms with van der Waals surface area (Å²) >= 11 is 0. The lowest BCUT2D eigenvalue weighted by Crippen LogP contribution is -2.38. The van der Waals surface area contributed by atoms with Gasteiger partial charge in [0.15, 0.2) is 11.7 Å². The summed E-state index contributed by atoms with van der Waals surface area (Å²) in [7, 11) is 0. The van der Waals surface area contributed by atoms with Crippen molar-refractivity contribution < 1.29 is 8.81 Å². The highest BCUT2D eigenvalue weighted by Gasteiger charge is 2.47. The summed E-state index contributed by atoms with van der Waals surface area (Å²) in [6, 6.07) is 16.8. The van der Waals surface area contributed by atoms with E-state index in [1.807, 2.05) is 35.3 Å². The van der Waals surface area contributed by atoms with Crippen molar-refractivity contribution in [3.8, 4) is 17.0 Å². The topological polar surface area (TPSA) is 43.9 Å². The van der Waals surface area contributed by atoms with Crippen molar-refractivity contribution >= 4 is 6.08 Å². The minimum atomic E-state index is -0.232. The van der Waals surface area contributed by atoms with Crippen LogP contribution in [0.25, 0.3) is 23.1 Å². The van der Waals surface area contributed by atoms with Crippen LogP contribution >= 0.6 is 0 Å². The number of benzene rings is 2. The molecule has 36 heavy (non-hydrogen) atoms. The van der Waals surface area contributed by atoms with E-state index >= 15 is 0 Å². The van der Waals surface area contributed by atoms with Crippen LogP contribution in [0.15, 0.2) is 88.6 Å². The first-order valence-corrected chi connectivity index (χ1v) is 12.9. The van der Waals surface area contributed by atoms with E-state index in [4.69, 9.17) is 14.5 Å². The Balaban J connectivity index is 1.21. The molecule has 2 heterocycles. The SMILES string of the molecule is CC12Cc3cnn(-c4ccc(F)cc4)c3C=C1CCC1C2=CCC[C@@H]1c1ncc(-c2ccccc2)o1. The fourth-order valence-electron chi connectivity index (χ4n) is 6.70. The lowest BCUT2D eigenvalue weighted by Gasteiger charge is -2.48. The Kier molecular flexibility index (Phi) is 4.88. The molecule has 2 unspecified atom stereocenters. The highest BCUT2D eigenvalue weighted by molar-refractivity contribution is 5.64. The fourth-order valence-corrected chi connectivity index (χ4v) is 6.70. The molecule has 0 bridgehead atoms. The van der Waals surface area contributed by atoms with Gasteiger partial charge in [-0.1, -0.05) is 54.5 Å². The van der Waals surface area contributed by atoms with Gasteiger partial charge in [-0.25, -0.2) is 14.1 Å². The smallest absolute Gasteiger partial charge is 0.198 e. The number of allylic oxidation sites excluding steroid dienone is 3. The minimum Gasteiger partial charge on any atom is -0.440 e. The van der Waals surface area contributed by atoms with Gasteiger partial charge in [0, 0.05) is 16.9 Å². The first kappa shape index (κ1) is 21.5. The van der Waals surface area contributed by atoms with Gasteiger partial charge in [0.25, 0.3) is 0 Å². The summed E-state index contributed by atoms with van der Waals surface area (Å²) in [5, 5.41) is 4.69. The molecule has 5 heteroatoms. The van der Waals surface area contributed by atoms with Crippen molar-refractivity contribution in [3.63, 3.8) is 0 Å². The first-order chi connectivity index (χ1) is 17.6. The Morgan fingerprint density at radius 3 is 2.67 bits per heavy atom. The Morgan fingerprint density at radius 2 is 1.83 bits per heavy atom. The molecule has 4 aromatic rings. The highest BCUT2D eigenvalue weighted by Crippen LogP contribution is 2.58. The van der Waals surface area contributed by atoms with E-state index < -0.39 is 0 Å². The molecule has 0 spiro atoms. The van der Waals surface area contributed by atoms with Crippen molar-refractivity contribution in [1.82, 2.24) is 14.8 Å². The Bertz CT molecular complexity index is 1490. The summed E-state index contributed by atoms with van der Waals surface area (Å²) in [6.07, 6.45) is 13.9. The summed E-state index contributed by atoms with van der Waals surface area (Å²) in [4.78, 5) is 4.76. The zero-order valence-electron chi connectivity index (χ0n) is 20.3. The third-order valence-electron chi connectivity index (χ3n) is 8.51. The number of fused-ring (bicyclic) bond motifs is 4. The van der Waals surface area contributed by atoms with Crippen molar-refractivity contribution in [2.24, 2.45) is 11.3 Å². The molecule has 0 N–H and O–H groups in total. The summed E-state index contributed by atoms with van der Waals surface area (Å²) < 4.78 is 21.8. The number of halogens is 1. The van der Waals surface area contributed by atoms with Crippen LogP contribution in [0.5, 0.6) is 0 Å². The predicted molar refractivity (Wildman–Crippen MR) is 138 cm³/mol. The maximum atomic E-state index is 13.5. The number of oxazole rings is 1. The molecular weight excluding hydrogens is 449 g/mol. The molecule has 1 saturated carbocycles. The highest BCUT2D eigenvalue weighted by atomic mass is 19.1. The molecule has 1 fully saturated rings. The van der Waals surface area contributed by atoms with Crippen molar-refractivity contribution in [1.29, 1.82) is 0 Å². The van der Waals surface area contributed by atoms with Crippen LogP contribution in [0.4, 0.5) is 4.39 Å². The van der Waals surface area contributed by atoms with E-state index in [0.717, 1.165) is 60.7 Å². The zero-order chi connectivity index (χ0) is 24.3. The van der Waals surface area contributed by atoms with Gasteiger partial charge in [-0.05, 0) is 73.9 Å². The van der Waals surface area contributed by atoms with Gasteiger partial charge in [0.1, 0.15) is 5.82 Å². The van der Waals surface area contributed by atoms with Crippen LogP contribution in [0.1, 0.15) is 55.7 Å². The first-order valence-electron chi connectivity index (χ1n) is 12.9. The van der Waals surface area contributed by atoms with Crippen molar-refractivity contribution in [2.75, 3.05) is 0 Å². The summed E-state index contributed by atoms with van der Waals surface area (Å²) in [5.74, 6) is 2.24. The molecule has 0 amide bonds. The van der Waals surface area contributed by atoms with Crippen LogP contribution in [0.3, 0.4) is 0 Å². The lowest BCUT2D eigenvalue weighted by atomic mass is 9.55. The molecule has 3 aliphatic rings. The molecule has 3 aliphatic carbocycles. The number of hydrogen-bond donors (Lipinski definition) is 0. The second-order valence-electron chi connectivity index (χ2n) is 10.5. The van der Waals surface area contributed by atoms with E-state index in [-0.39, 0.29) is 11.2 Å². The van der Waals surface area contributed by atoms with E-state index in [0.29, 0.717) is 11.8 Å². The quantitative estimate of drug-likeness (QED) is 0.287. The van der Waals surface area contributed by atoms with Crippen LogP contribution < -0.4 is 0 Å². The average Bonchev–Trinajstić information content (AvgIpc) is 3.55. The van der Waals surface area contributed by atoms with Crippen LogP contribution in [0.2, 0.25) is 0 Å². The summed E-state index contributed by atoms with van der Waals surface area (Å²) in [5.41, 5.74) is 7.33. The molecule has 3 atom stereocenters. The van der Waals surface area contributed by atoms with Crippen LogP contribution in [-0.2, 0) is 6.42 Å². The van der Waals surface area contributed by atoms with Gasteiger partial charge in [0.2, 0.25) is 0 Å². The number of hydrogen-bond acceptors (Lipinski definition) is 3. The summed E-state index contributed by atoms with van der Waals surface area (Å²) in [6.45, 7) is 2.41. The van der Waals surface area contributed by atoms with Crippen molar-refractivity contribution in [2.45, 2.75) is 44.9 Å². The Labute approximate surface area is 210 Å². The predicted octanol–water partition coefficient (Wildman–Crippen LogP) is 7.53. The standard InChI is InChI=1S/C31H28FN3O/c1-31-17-21-18-34-35(24-13-11-23(32)12-14-24)28(21)16-22(31)10-15-25-26(8-5-9-27(25)31)30-33-19-29(36-30)20-6-3-2-4-7-20/h2-4,6-7,9,11-14,16,18-19,25-26H,5,8,10,15,17H2,1H3/t25?,26-,31?/m0/s1. The van der Waals surface area contributed by atoms with Crippen molar-refractivity contribution in [3.05, 3.63) is 107 Å². The lowest BCUT2D eigenvalue weighted by molar-refractivity contribution is 0.257. The third-order valence-corrected chi connectivity index (χ3v) is 8.51. The number of rotatable bonds is 3. The Hall–Kier alpha value is -3.73. The number of nitrogens with zero attached hydrogens (tertiary/aromatic N) is 3. The molecule has 180 valence electrons. The monoisotopic (exact) mass is 477 g/mol. The molecule has 0 aliphatic heterocycles. The molecule has 0 saturated heterocycles. The maximum Gasteiger partial charge on any atom is 0.198 e. The van der Waals surface area contributed by atoms with Crippen LogP contribution in [-0.4, -0.2) is 14.8 Å². The minimum absolute atomic E-state index is 0.0138. The van der Waals surface area contributed by atoms with E-state index in [1.54, 1.807) is 12.1 Å². The van der Waals surface area contributed by atoms with Gasteiger partial charge >= 0.3 is 0 Å². The average molecular weight is 478 g/mol. The second kappa shape index (κ2) is 8.16. The molecule has 4 nitrogen and oxygen atoms in total. The van der Waals surface area contributed by atoms with E-state index in [2.05, 4.69) is 31.2 Å². The van der Waals surface area contributed by atoms with E-state index in [9.17, 15) is 4.39 Å². The van der Waals surface area contributed by atoms with Gasteiger partial charge in [0.05, 0.1) is 23.8 Å². The van der Waals surface area contributed by atoms with Gasteiger partial charge in [-0.2, -0.15) is 5.10 Å². The molecule has 7 rings (SSSR count). The fraction of sp³-hybridized carbons (Fsp3) is 0.290. The number of aromatic nitrogens is 3. The van der Waals surface area contributed by atoms with E-state index in [1.165, 1.54) is 28.8 Å². The third kappa shape index (κ3) is 3.33. The molecule has 2 aromatic heterocycles. The van der Waals surface area contributed by atoms with Gasteiger partial charge < -0.3 is 4.42 Å².